The normalized spacial score (nSPS) is 12.1. The lowest BCUT2D eigenvalue weighted by Gasteiger charge is -2.11. The topological polar surface area (TPSA) is 42.4 Å². The molecule has 0 bridgehead atoms. The van der Waals surface area contributed by atoms with Crippen molar-refractivity contribution in [2.45, 2.75) is 18.9 Å². The van der Waals surface area contributed by atoms with Gasteiger partial charge in [0.25, 0.3) is 0 Å². The smallest absolute Gasteiger partial charge is 0.119 e. The van der Waals surface area contributed by atoms with E-state index in [0.717, 1.165) is 11.4 Å². The lowest BCUT2D eigenvalue weighted by atomic mass is 10.1. The highest BCUT2D eigenvalue weighted by Crippen LogP contribution is 2.09. The van der Waals surface area contributed by atoms with E-state index in [1.807, 2.05) is 48.5 Å². The number of aliphatic hydroxyl groups is 1. The third-order valence-corrected chi connectivity index (χ3v) is 2.63. The number of pyridine rings is 1. The van der Waals surface area contributed by atoms with Crippen molar-refractivity contribution in [1.29, 1.82) is 0 Å². The monoisotopic (exact) mass is 243 g/mol. The van der Waals surface area contributed by atoms with Gasteiger partial charge in [-0.05, 0) is 24.3 Å². The number of benzene rings is 1. The first-order valence-corrected chi connectivity index (χ1v) is 6.10. The summed E-state index contributed by atoms with van der Waals surface area (Å²) in [5.41, 5.74) is 0.907. The standard InChI is InChI=1S/C15H17NO2/c17-14(12-13-6-4-5-10-16-13)9-11-18-15-7-2-1-3-8-15/h1-8,10,14,17H,9,11-12H2. The molecule has 2 rings (SSSR count). The van der Waals surface area contributed by atoms with E-state index in [-0.39, 0.29) is 0 Å². The Morgan fingerprint density at radius 2 is 1.83 bits per heavy atom. The van der Waals surface area contributed by atoms with Crippen LogP contribution in [0, 0.1) is 0 Å². The average molecular weight is 243 g/mol. The molecule has 0 aliphatic carbocycles. The van der Waals surface area contributed by atoms with Gasteiger partial charge in [0.15, 0.2) is 0 Å². The van der Waals surface area contributed by atoms with Gasteiger partial charge in [0.1, 0.15) is 5.75 Å². The molecule has 0 aliphatic heterocycles. The Morgan fingerprint density at radius 1 is 1.06 bits per heavy atom. The van der Waals surface area contributed by atoms with Gasteiger partial charge in [-0.2, -0.15) is 0 Å². The zero-order valence-corrected chi connectivity index (χ0v) is 10.2. The van der Waals surface area contributed by atoms with E-state index in [1.54, 1.807) is 6.20 Å². The molecule has 1 N–H and O–H groups in total. The molecule has 94 valence electrons. The molecule has 18 heavy (non-hydrogen) atoms. The molecule has 2 aromatic rings. The fourth-order valence-corrected chi connectivity index (χ4v) is 1.69. The summed E-state index contributed by atoms with van der Waals surface area (Å²) in [7, 11) is 0. The SMILES string of the molecule is OC(CCOc1ccccc1)Cc1ccccn1. The van der Waals surface area contributed by atoms with Crippen LogP contribution in [0.15, 0.2) is 54.7 Å². The number of aliphatic hydroxyl groups excluding tert-OH is 1. The highest BCUT2D eigenvalue weighted by molar-refractivity contribution is 5.20. The van der Waals surface area contributed by atoms with Gasteiger partial charge in [-0.3, -0.25) is 4.98 Å². The van der Waals surface area contributed by atoms with E-state index < -0.39 is 6.10 Å². The van der Waals surface area contributed by atoms with Crippen molar-refractivity contribution in [3.05, 3.63) is 60.4 Å². The van der Waals surface area contributed by atoms with Crippen LogP contribution in [0.2, 0.25) is 0 Å². The second-order valence-corrected chi connectivity index (χ2v) is 4.13. The summed E-state index contributed by atoms with van der Waals surface area (Å²) in [5, 5.41) is 9.86. The third kappa shape index (κ3) is 4.18. The number of rotatable bonds is 6. The van der Waals surface area contributed by atoms with E-state index in [1.165, 1.54) is 0 Å². The van der Waals surface area contributed by atoms with Gasteiger partial charge in [0.05, 0.1) is 12.7 Å². The number of para-hydroxylation sites is 1. The summed E-state index contributed by atoms with van der Waals surface area (Å²) in [6.07, 6.45) is 2.50. The first kappa shape index (κ1) is 12.6. The summed E-state index contributed by atoms with van der Waals surface area (Å²) in [4.78, 5) is 4.18. The summed E-state index contributed by atoms with van der Waals surface area (Å²) in [5.74, 6) is 0.836. The van der Waals surface area contributed by atoms with Crippen LogP contribution in [0.3, 0.4) is 0 Å². The number of hydrogen-bond donors (Lipinski definition) is 1. The van der Waals surface area contributed by atoms with Crippen LogP contribution >= 0.6 is 0 Å². The summed E-state index contributed by atoms with van der Waals surface area (Å²) in [6.45, 7) is 0.512. The largest absolute Gasteiger partial charge is 0.493 e. The Morgan fingerprint density at radius 3 is 2.56 bits per heavy atom. The van der Waals surface area contributed by atoms with Gasteiger partial charge < -0.3 is 9.84 Å². The van der Waals surface area contributed by atoms with Crippen LogP contribution in [-0.4, -0.2) is 22.8 Å². The molecule has 1 unspecified atom stereocenters. The van der Waals surface area contributed by atoms with Crippen LogP contribution in [0.1, 0.15) is 12.1 Å². The molecule has 0 spiro atoms. The van der Waals surface area contributed by atoms with E-state index in [9.17, 15) is 5.11 Å². The van der Waals surface area contributed by atoms with Crippen molar-refractivity contribution in [1.82, 2.24) is 4.98 Å². The molecule has 0 aliphatic rings. The first-order chi connectivity index (χ1) is 8.84. The zero-order chi connectivity index (χ0) is 12.6. The highest BCUT2D eigenvalue weighted by atomic mass is 16.5. The molecule has 0 saturated heterocycles. The molecule has 0 amide bonds. The fraction of sp³-hybridized carbons (Fsp3) is 0.267. The number of ether oxygens (including phenoxy) is 1. The Bertz CT molecular complexity index is 445. The van der Waals surface area contributed by atoms with Crippen LogP contribution < -0.4 is 4.74 Å². The Hall–Kier alpha value is -1.87. The minimum atomic E-state index is -0.413. The molecule has 0 fully saturated rings. The molecule has 1 aromatic carbocycles. The fourth-order valence-electron chi connectivity index (χ4n) is 1.69. The maximum atomic E-state index is 9.86. The van der Waals surface area contributed by atoms with Crippen molar-refractivity contribution in [2.75, 3.05) is 6.61 Å². The molecular weight excluding hydrogens is 226 g/mol. The maximum absolute atomic E-state index is 9.86. The molecule has 0 radical (unpaired) electrons. The molecular formula is C15H17NO2. The van der Waals surface area contributed by atoms with E-state index in [2.05, 4.69) is 4.98 Å². The van der Waals surface area contributed by atoms with Crippen LogP contribution in [0.5, 0.6) is 5.75 Å². The van der Waals surface area contributed by atoms with E-state index >= 15 is 0 Å². The minimum Gasteiger partial charge on any atom is -0.493 e. The summed E-state index contributed by atoms with van der Waals surface area (Å²) < 4.78 is 5.53. The Labute approximate surface area is 107 Å². The van der Waals surface area contributed by atoms with E-state index in [4.69, 9.17) is 4.74 Å². The number of hydrogen-bond acceptors (Lipinski definition) is 3. The van der Waals surface area contributed by atoms with Gasteiger partial charge >= 0.3 is 0 Å². The Kier molecular flexibility index (Phi) is 4.73. The van der Waals surface area contributed by atoms with Crippen LogP contribution in [0.4, 0.5) is 0 Å². The number of nitrogens with zero attached hydrogens (tertiary/aromatic N) is 1. The van der Waals surface area contributed by atoms with Gasteiger partial charge in [-0.1, -0.05) is 24.3 Å². The predicted molar refractivity (Wildman–Crippen MR) is 70.5 cm³/mol. The second kappa shape index (κ2) is 6.77. The predicted octanol–water partition coefficient (Wildman–Crippen LogP) is 2.45. The van der Waals surface area contributed by atoms with Crippen molar-refractivity contribution in [3.8, 4) is 5.75 Å². The minimum absolute atomic E-state index is 0.413. The van der Waals surface area contributed by atoms with Crippen molar-refractivity contribution in [2.24, 2.45) is 0 Å². The van der Waals surface area contributed by atoms with Crippen molar-refractivity contribution < 1.29 is 9.84 Å². The quantitative estimate of drug-likeness (QED) is 0.847. The molecule has 0 saturated carbocycles. The van der Waals surface area contributed by atoms with Gasteiger partial charge in [0, 0.05) is 24.7 Å². The van der Waals surface area contributed by atoms with Crippen LogP contribution in [0.25, 0.3) is 0 Å². The van der Waals surface area contributed by atoms with Crippen molar-refractivity contribution in [3.63, 3.8) is 0 Å². The van der Waals surface area contributed by atoms with E-state index in [0.29, 0.717) is 19.4 Å². The van der Waals surface area contributed by atoms with Gasteiger partial charge in [0.2, 0.25) is 0 Å². The summed E-state index contributed by atoms with van der Waals surface area (Å²) >= 11 is 0. The lowest BCUT2D eigenvalue weighted by Crippen LogP contribution is -2.15. The molecule has 1 atom stereocenters. The maximum Gasteiger partial charge on any atom is 0.119 e. The van der Waals surface area contributed by atoms with Crippen molar-refractivity contribution >= 4 is 0 Å². The molecule has 1 aromatic heterocycles. The molecule has 3 nitrogen and oxygen atoms in total. The average Bonchev–Trinajstić information content (AvgIpc) is 2.41. The third-order valence-electron chi connectivity index (χ3n) is 2.63. The van der Waals surface area contributed by atoms with Crippen LogP contribution in [-0.2, 0) is 6.42 Å². The number of aromatic nitrogens is 1. The Balaban J connectivity index is 1.71. The molecule has 1 heterocycles. The first-order valence-electron chi connectivity index (χ1n) is 6.10. The van der Waals surface area contributed by atoms with Gasteiger partial charge in [-0.25, -0.2) is 0 Å². The lowest BCUT2D eigenvalue weighted by molar-refractivity contribution is 0.138. The second-order valence-electron chi connectivity index (χ2n) is 4.13. The molecule has 3 heteroatoms. The van der Waals surface area contributed by atoms with Gasteiger partial charge in [-0.15, -0.1) is 0 Å². The summed E-state index contributed by atoms with van der Waals surface area (Å²) in [6, 6.07) is 15.3. The zero-order valence-electron chi connectivity index (χ0n) is 10.2. The highest BCUT2D eigenvalue weighted by Gasteiger charge is 2.06.